The number of carbonyl (C=O) groups is 2. The van der Waals surface area contributed by atoms with Crippen molar-refractivity contribution in [1.82, 2.24) is 45.8 Å². The molecule has 0 radical (unpaired) electrons. The van der Waals surface area contributed by atoms with Gasteiger partial charge in [-0.2, -0.15) is 10.1 Å². The summed E-state index contributed by atoms with van der Waals surface area (Å²) in [6, 6.07) is 20.6. The molecule has 14 heteroatoms. The number of benzene rings is 2. The number of rotatable bonds is 15. The lowest BCUT2D eigenvalue weighted by Gasteiger charge is -2.36. The van der Waals surface area contributed by atoms with E-state index in [1.165, 1.54) is 5.56 Å². The van der Waals surface area contributed by atoms with Crippen molar-refractivity contribution < 1.29 is 14.1 Å². The summed E-state index contributed by atoms with van der Waals surface area (Å²) in [5.74, 6) is 0.0507. The van der Waals surface area contributed by atoms with Crippen LogP contribution in [0.4, 0.5) is 11.4 Å². The van der Waals surface area contributed by atoms with Gasteiger partial charge in [0, 0.05) is 85.2 Å². The molecule has 2 aromatic carbocycles. The highest BCUT2D eigenvalue weighted by Crippen LogP contribution is 2.32. The number of aromatic amines is 1. The molecule has 0 aliphatic carbocycles. The van der Waals surface area contributed by atoms with Gasteiger partial charge in [0.1, 0.15) is 0 Å². The van der Waals surface area contributed by atoms with Crippen LogP contribution in [0, 0.1) is 6.92 Å². The van der Waals surface area contributed by atoms with E-state index >= 15 is 0 Å². The van der Waals surface area contributed by atoms with Gasteiger partial charge in [0.15, 0.2) is 5.65 Å². The Labute approximate surface area is 338 Å². The number of anilines is 2. The fourth-order valence-electron chi connectivity index (χ4n) is 7.10. The quantitative estimate of drug-likeness (QED) is 0.0655. The summed E-state index contributed by atoms with van der Waals surface area (Å²) in [5, 5.41) is 21.4. The number of aryl methyl sites for hydroxylation is 1. The predicted octanol–water partition coefficient (Wildman–Crippen LogP) is 6.59. The van der Waals surface area contributed by atoms with Gasteiger partial charge in [0.2, 0.25) is 12.3 Å². The van der Waals surface area contributed by atoms with E-state index in [2.05, 4.69) is 106 Å². The number of nitrogens with one attached hydrogen (secondary N) is 4. The number of H-pyrrole nitrogens is 1. The molecule has 300 valence electrons. The molecule has 1 atom stereocenters. The Balaban J connectivity index is 0.931. The van der Waals surface area contributed by atoms with Gasteiger partial charge in [0.25, 0.3) is 11.7 Å². The summed E-state index contributed by atoms with van der Waals surface area (Å²) in [4.78, 5) is 42.1. The molecule has 7 rings (SSSR count). The normalized spacial score (nSPS) is 14.0. The van der Waals surface area contributed by atoms with E-state index in [9.17, 15) is 9.59 Å². The average Bonchev–Trinajstić information content (AvgIpc) is 3.90. The summed E-state index contributed by atoms with van der Waals surface area (Å²) in [7, 11) is 0. The molecule has 1 saturated heterocycles. The fraction of sp³-hybridized carbons (Fsp3) is 0.341. The first-order valence-corrected chi connectivity index (χ1v) is 19.7. The standard InChI is InChI=1S/C44H51N11O3/c1-28-23-32(9-13-36(28)30(3)49-42(57)41-50-43(58-53-41)44(4,5)6)39-37-24-33(25-47-40(37)52-51-39)38-14-12-35(26-46-38)55-21-19-54(20-22-55)18-16-31-7-10-34(11-8-31)48-29(2)15-17-45-27-56/h7-14,23-27,30,48H,2,15-22H2,1,3-6H3,(H,45,56)(H,49,57)(H,47,51,52)/t30-/m1/s1. The molecule has 4 N–H and O–H groups in total. The van der Waals surface area contributed by atoms with Crippen LogP contribution in [0.3, 0.4) is 0 Å². The predicted molar refractivity (Wildman–Crippen MR) is 226 cm³/mol. The molecule has 2 amide bonds. The highest BCUT2D eigenvalue weighted by molar-refractivity contribution is 5.93. The average molecular weight is 782 g/mol. The Morgan fingerprint density at radius 3 is 2.48 bits per heavy atom. The number of hydrogen-bond donors (Lipinski definition) is 4. The minimum Gasteiger partial charge on any atom is -0.368 e. The number of pyridine rings is 2. The molecule has 0 spiro atoms. The highest BCUT2D eigenvalue weighted by Gasteiger charge is 2.25. The zero-order valence-electron chi connectivity index (χ0n) is 33.8. The van der Waals surface area contributed by atoms with Crippen LogP contribution in [0.2, 0.25) is 0 Å². The van der Waals surface area contributed by atoms with Gasteiger partial charge in [0.05, 0.1) is 29.3 Å². The second-order valence-electron chi connectivity index (χ2n) is 15.9. The summed E-state index contributed by atoms with van der Waals surface area (Å²) >= 11 is 0. The molecule has 14 nitrogen and oxygen atoms in total. The van der Waals surface area contributed by atoms with Crippen LogP contribution in [-0.2, 0) is 16.6 Å². The van der Waals surface area contributed by atoms with Crippen LogP contribution in [0.5, 0.6) is 0 Å². The molecule has 6 aromatic rings. The minimum atomic E-state index is -0.386. The topological polar surface area (TPSA) is 170 Å². The monoisotopic (exact) mass is 781 g/mol. The summed E-state index contributed by atoms with van der Waals surface area (Å²) in [6.07, 6.45) is 6.15. The largest absolute Gasteiger partial charge is 0.368 e. The number of amides is 2. The molecule has 1 aliphatic heterocycles. The van der Waals surface area contributed by atoms with E-state index in [1.807, 2.05) is 59.1 Å². The first kappa shape index (κ1) is 39.8. The molecule has 1 aliphatic rings. The van der Waals surface area contributed by atoms with Crippen molar-refractivity contribution in [3.8, 4) is 22.5 Å². The third kappa shape index (κ3) is 9.40. The lowest BCUT2D eigenvalue weighted by Crippen LogP contribution is -2.47. The molecular formula is C44H51N11O3. The third-order valence-corrected chi connectivity index (χ3v) is 10.5. The molecule has 58 heavy (non-hydrogen) atoms. The smallest absolute Gasteiger partial charge is 0.293 e. The van der Waals surface area contributed by atoms with Gasteiger partial charge in [-0.25, -0.2) is 4.98 Å². The maximum atomic E-state index is 12.9. The lowest BCUT2D eigenvalue weighted by atomic mass is 9.97. The molecule has 1 fully saturated rings. The Bertz CT molecular complexity index is 2370. The van der Waals surface area contributed by atoms with Gasteiger partial charge in [-0.1, -0.05) is 56.8 Å². The molecule has 0 saturated carbocycles. The van der Waals surface area contributed by atoms with Crippen LogP contribution in [0.15, 0.2) is 89.9 Å². The number of aromatic nitrogens is 6. The van der Waals surface area contributed by atoms with E-state index in [0.29, 0.717) is 30.9 Å². The van der Waals surface area contributed by atoms with E-state index in [4.69, 9.17) is 9.51 Å². The lowest BCUT2D eigenvalue weighted by molar-refractivity contribution is -0.109. The molecular weight excluding hydrogens is 731 g/mol. The van der Waals surface area contributed by atoms with Crippen LogP contribution < -0.4 is 20.9 Å². The number of nitrogens with zero attached hydrogens (tertiary/aromatic N) is 7. The maximum Gasteiger partial charge on any atom is 0.293 e. The van der Waals surface area contributed by atoms with Crippen molar-refractivity contribution in [2.45, 2.75) is 58.9 Å². The van der Waals surface area contributed by atoms with E-state index in [1.54, 1.807) is 0 Å². The van der Waals surface area contributed by atoms with Crippen molar-refractivity contribution in [3.63, 3.8) is 0 Å². The number of hydrogen-bond acceptors (Lipinski definition) is 11. The van der Waals surface area contributed by atoms with Crippen LogP contribution in [0.25, 0.3) is 33.5 Å². The molecule has 5 heterocycles. The summed E-state index contributed by atoms with van der Waals surface area (Å²) in [6.45, 7) is 19.3. The second-order valence-corrected chi connectivity index (χ2v) is 15.9. The number of fused-ring (bicyclic) bond motifs is 1. The van der Waals surface area contributed by atoms with Crippen LogP contribution >= 0.6 is 0 Å². The number of piperazine rings is 1. The third-order valence-electron chi connectivity index (χ3n) is 10.5. The zero-order chi connectivity index (χ0) is 40.8. The van der Waals surface area contributed by atoms with Gasteiger partial charge in [-0.3, -0.25) is 24.6 Å². The Kier molecular flexibility index (Phi) is 11.9. The zero-order valence-corrected chi connectivity index (χ0v) is 33.8. The molecule has 4 aromatic heterocycles. The van der Waals surface area contributed by atoms with Gasteiger partial charge >= 0.3 is 0 Å². The van der Waals surface area contributed by atoms with E-state index in [0.717, 1.165) is 95.2 Å². The van der Waals surface area contributed by atoms with Crippen molar-refractivity contribution >= 4 is 34.7 Å². The minimum absolute atomic E-state index is 0.0202. The maximum absolute atomic E-state index is 12.9. The Morgan fingerprint density at radius 2 is 1.79 bits per heavy atom. The molecule has 0 bridgehead atoms. The first-order chi connectivity index (χ1) is 27.9. The van der Waals surface area contributed by atoms with Crippen molar-refractivity contribution in [2.75, 3.05) is 49.5 Å². The fourth-order valence-corrected chi connectivity index (χ4v) is 7.10. The summed E-state index contributed by atoms with van der Waals surface area (Å²) in [5.41, 5.74) is 10.1. The summed E-state index contributed by atoms with van der Waals surface area (Å²) < 4.78 is 5.31. The van der Waals surface area contributed by atoms with E-state index in [-0.39, 0.29) is 23.2 Å². The van der Waals surface area contributed by atoms with Gasteiger partial charge in [-0.15, -0.1) is 0 Å². The van der Waals surface area contributed by atoms with Gasteiger partial charge < -0.3 is 25.4 Å². The molecule has 0 unspecified atom stereocenters. The van der Waals surface area contributed by atoms with Crippen molar-refractivity contribution in [3.05, 3.63) is 114 Å². The van der Waals surface area contributed by atoms with Gasteiger partial charge in [-0.05, 0) is 73.4 Å². The highest BCUT2D eigenvalue weighted by atomic mass is 16.5. The number of carbonyl (C=O) groups excluding carboxylic acids is 2. The van der Waals surface area contributed by atoms with E-state index < -0.39 is 0 Å². The second kappa shape index (κ2) is 17.4. The Morgan fingerprint density at radius 1 is 1.00 bits per heavy atom. The van der Waals surface area contributed by atoms with Crippen LogP contribution in [0.1, 0.15) is 73.4 Å². The van der Waals surface area contributed by atoms with Crippen LogP contribution in [-0.4, -0.2) is 86.8 Å². The first-order valence-electron chi connectivity index (χ1n) is 19.7. The Hall–Kier alpha value is -6.41. The van der Waals surface area contributed by atoms with Crippen molar-refractivity contribution in [2.24, 2.45) is 0 Å². The SMILES string of the molecule is C=C(CCNC=O)Nc1ccc(CCN2CCN(c3ccc(-c4cnc5n[nH]c(-c6ccc([C@@H](C)NC(=O)c7noc(C(C)(C)C)n7)c(C)c6)c5c4)nc3)CC2)cc1. The van der Waals surface area contributed by atoms with Crippen molar-refractivity contribution in [1.29, 1.82) is 0 Å².